The van der Waals surface area contributed by atoms with Gasteiger partial charge >= 0.3 is 5.97 Å². The summed E-state index contributed by atoms with van der Waals surface area (Å²) < 4.78 is 0. The van der Waals surface area contributed by atoms with E-state index >= 15 is 0 Å². The van der Waals surface area contributed by atoms with Crippen LogP contribution >= 0.6 is 11.3 Å². The van der Waals surface area contributed by atoms with Gasteiger partial charge in [-0.1, -0.05) is 83.1 Å². The molecule has 1 aromatic heterocycles. The number of Topliss-reactive ketones (excluding diaryl/α,β-unsaturated/α-hetero) is 1. The van der Waals surface area contributed by atoms with Gasteiger partial charge in [-0.05, 0) is 111 Å². The Hall–Kier alpha value is -5.17. The number of anilines is 2. The zero-order valence-electron chi connectivity index (χ0n) is 38.0. The van der Waals surface area contributed by atoms with E-state index < -0.39 is 5.97 Å². The number of benzene rings is 3. The number of carbonyl (C=O) groups is 5. The maximum atomic E-state index is 14.1. The number of aryl methyl sites for hydroxylation is 3. The Morgan fingerprint density at radius 2 is 1.35 bits per heavy atom. The number of hydrogen-bond acceptors (Lipinski definition) is 8. The molecule has 0 saturated carbocycles. The third-order valence-corrected chi connectivity index (χ3v) is 13.5. The summed E-state index contributed by atoms with van der Waals surface area (Å²) in [5.41, 5.74) is 6.76. The number of aliphatic carboxylic acids is 1. The van der Waals surface area contributed by atoms with Crippen LogP contribution in [0, 0.1) is 0 Å². The Morgan fingerprint density at radius 3 is 1.98 bits per heavy atom. The number of rotatable bonds is 25. The molecule has 0 aliphatic heterocycles. The molecule has 0 atom stereocenters. The SMILES string of the molecule is CCC(=O)c1ccc(CCc2ccc(NC(=O)c3c(NC(=O)c4cccc(CN(CCN(CCN(CC)CC)C(=O)CCC(=O)O)C(CC)CC)c4)sc4c3CCCC4)cc2)cc1. The Balaban J connectivity index is 1.26. The van der Waals surface area contributed by atoms with Gasteiger partial charge in [-0.2, -0.15) is 0 Å². The number of thiophene rings is 1. The van der Waals surface area contributed by atoms with Crippen LogP contribution in [-0.2, 0) is 41.8 Å². The highest BCUT2D eigenvalue weighted by Crippen LogP contribution is 2.39. The van der Waals surface area contributed by atoms with Crippen molar-refractivity contribution in [3.05, 3.63) is 117 Å². The average Bonchev–Trinajstić information content (AvgIpc) is 3.67. The summed E-state index contributed by atoms with van der Waals surface area (Å²) in [5, 5.41) is 16.1. The fourth-order valence-electron chi connectivity index (χ4n) is 8.39. The predicted octanol–water partition coefficient (Wildman–Crippen LogP) is 9.54. The lowest BCUT2D eigenvalue weighted by molar-refractivity contribution is -0.141. The van der Waals surface area contributed by atoms with E-state index in [0.29, 0.717) is 54.4 Å². The first kappa shape index (κ1) is 48.9. The number of nitrogens with zero attached hydrogens (tertiary/aromatic N) is 3. The summed E-state index contributed by atoms with van der Waals surface area (Å²) in [7, 11) is 0. The van der Waals surface area contributed by atoms with E-state index in [1.165, 1.54) is 11.3 Å². The van der Waals surface area contributed by atoms with E-state index in [0.717, 1.165) is 104 Å². The minimum absolute atomic E-state index is 0.0262. The van der Waals surface area contributed by atoms with Crippen molar-refractivity contribution in [3.63, 3.8) is 0 Å². The molecule has 0 saturated heterocycles. The second-order valence-electron chi connectivity index (χ2n) is 16.4. The van der Waals surface area contributed by atoms with E-state index in [1.807, 2.05) is 78.6 Å². The third-order valence-electron chi connectivity index (χ3n) is 12.3. The van der Waals surface area contributed by atoms with E-state index in [-0.39, 0.29) is 42.4 Å². The molecule has 12 heteroatoms. The van der Waals surface area contributed by atoms with E-state index in [4.69, 9.17) is 0 Å². The second kappa shape index (κ2) is 24.6. The lowest BCUT2D eigenvalue weighted by Crippen LogP contribution is -2.45. The molecule has 63 heavy (non-hydrogen) atoms. The molecule has 0 unspecified atom stereocenters. The number of ketones is 1. The predicted molar refractivity (Wildman–Crippen MR) is 254 cm³/mol. The molecule has 1 heterocycles. The molecule has 0 bridgehead atoms. The molecule has 5 rings (SSSR count). The Labute approximate surface area is 378 Å². The first-order valence-electron chi connectivity index (χ1n) is 23.0. The van der Waals surface area contributed by atoms with Gasteiger partial charge in [0.05, 0.1) is 12.0 Å². The zero-order chi connectivity index (χ0) is 45.3. The normalized spacial score (nSPS) is 12.4. The fraction of sp³-hybridized carbons (Fsp3) is 0.471. The molecule has 3 aromatic carbocycles. The maximum absolute atomic E-state index is 14.1. The second-order valence-corrected chi connectivity index (χ2v) is 17.5. The molecule has 0 fully saturated rings. The molecular formula is C51H67N5O6S. The number of hydrogen-bond donors (Lipinski definition) is 3. The van der Waals surface area contributed by atoms with E-state index in [2.05, 4.69) is 48.1 Å². The van der Waals surface area contributed by atoms with Gasteiger partial charge in [0.2, 0.25) is 5.91 Å². The van der Waals surface area contributed by atoms with Gasteiger partial charge in [0.1, 0.15) is 5.00 Å². The van der Waals surface area contributed by atoms with Crippen LogP contribution < -0.4 is 10.6 Å². The molecule has 3 N–H and O–H groups in total. The number of fused-ring (bicyclic) bond motifs is 1. The molecule has 0 spiro atoms. The van der Waals surface area contributed by atoms with Crippen molar-refractivity contribution < 1.29 is 29.1 Å². The van der Waals surface area contributed by atoms with Crippen LogP contribution in [-0.4, -0.2) is 94.6 Å². The number of likely N-dealkylation sites (N-methyl/N-ethyl adjacent to an activating group) is 1. The molecular weight excluding hydrogens is 811 g/mol. The smallest absolute Gasteiger partial charge is 0.303 e. The first-order valence-corrected chi connectivity index (χ1v) is 23.8. The Bertz CT molecular complexity index is 2140. The highest BCUT2D eigenvalue weighted by molar-refractivity contribution is 7.17. The molecule has 11 nitrogen and oxygen atoms in total. The lowest BCUT2D eigenvalue weighted by Gasteiger charge is -2.34. The zero-order valence-corrected chi connectivity index (χ0v) is 38.8. The Morgan fingerprint density at radius 1 is 0.698 bits per heavy atom. The van der Waals surface area contributed by atoms with Gasteiger partial charge in [0.15, 0.2) is 5.78 Å². The first-order chi connectivity index (χ1) is 30.5. The van der Waals surface area contributed by atoms with Crippen LogP contribution in [0.3, 0.4) is 0 Å². The molecule has 338 valence electrons. The largest absolute Gasteiger partial charge is 0.481 e. The van der Waals surface area contributed by atoms with E-state index in [9.17, 15) is 29.1 Å². The third kappa shape index (κ3) is 14.2. The topological polar surface area (TPSA) is 139 Å². The standard InChI is InChI=1S/C51H67N5O6S/c1-6-42(7-2)56(33-32-55(31-30-54(9-4)10-5)46(58)28-29-47(59)60)35-38-14-13-15-40(34-38)49(61)53-51-48(43-16-11-12-17-45(43)63-51)50(62)52-41-26-22-37(23-27-41)19-18-36-20-24-39(25-21-36)44(57)8-3/h13-15,20-27,34,42H,6-12,16-19,28-33,35H2,1-5H3,(H,52,62)(H,53,61)(H,59,60). The number of carbonyl (C=O) groups excluding carboxylic acids is 4. The molecule has 1 aliphatic carbocycles. The number of carboxylic acids is 1. The van der Waals surface area contributed by atoms with Crippen LogP contribution in [0.2, 0.25) is 0 Å². The molecule has 3 amide bonds. The highest BCUT2D eigenvalue weighted by Gasteiger charge is 2.27. The summed E-state index contributed by atoms with van der Waals surface area (Å²) in [5.74, 6) is -1.49. The molecule has 0 radical (unpaired) electrons. The van der Waals surface area contributed by atoms with E-state index in [1.54, 1.807) is 6.07 Å². The lowest BCUT2D eigenvalue weighted by atomic mass is 9.95. The van der Waals surface area contributed by atoms with Crippen LogP contribution in [0.1, 0.15) is 138 Å². The van der Waals surface area contributed by atoms with Gasteiger partial charge in [0, 0.05) is 73.3 Å². The van der Waals surface area contributed by atoms with Gasteiger partial charge < -0.3 is 25.5 Å². The van der Waals surface area contributed by atoms with Crippen LogP contribution in [0.15, 0.2) is 72.8 Å². The number of amides is 3. The van der Waals surface area contributed by atoms with Crippen molar-refractivity contribution in [2.45, 2.75) is 118 Å². The van der Waals surface area contributed by atoms with Gasteiger partial charge in [0.25, 0.3) is 11.8 Å². The van der Waals surface area contributed by atoms with Crippen LogP contribution in [0.5, 0.6) is 0 Å². The summed E-state index contributed by atoms with van der Waals surface area (Å²) in [4.78, 5) is 72.2. The number of nitrogens with one attached hydrogen (secondary N) is 2. The quantitative estimate of drug-likeness (QED) is 0.0560. The number of carboxylic acid groups (broad SMARTS) is 1. The van der Waals surface area contributed by atoms with Crippen molar-refractivity contribution in [3.8, 4) is 0 Å². The van der Waals surface area contributed by atoms with Gasteiger partial charge in [-0.3, -0.25) is 28.9 Å². The van der Waals surface area contributed by atoms with Gasteiger partial charge in [-0.25, -0.2) is 0 Å². The molecule has 4 aromatic rings. The monoisotopic (exact) mass is 877 g/mol. The summed E-state index contributed by atoms with van der Waals surface area (Å²) in [6.45, 7) is 15.0. The minimum atomic E-state index is -0.979. The average molecular weight is 878 g/mol. The molecule has 1 aliphatic rings. The summed E-state index contributed by atoms with van der Waals surface area (Å²) in [6, 6.07) is 23.6. The summed E-state index contributed by atoms with van der Waals surface area (Å²) in [6.07, 6.45) is 7.47. The minimum Gasteiger partial charge on any atom is -0.481 e. The van der Waals surface area contributed by atoms with Crippen molar-refractivity contribution in [1.82, 2.24) is 14.7 Å². The van der Waals surface area contributed by atoms with Gasteiger partial charge in [-0.15, -0.1) is 11.3 Å². The highest BCUT2D eigenvalue weighted by atomic mass is 32.1. The van der Waals surface area contributed by atoms with Crippen molar-refractivity contribution in [2.24, 2.45) is 0 Å². The van der Waals surface area contributed by atoms with Crippen molar-refractivity contribution >= 4 is 51.5 Å². The Kier molecular flexibility index (Phi) is 19.1. The summed E-state index contributed by atoms with van der Waals surface area (Å²) >= 11 is 1.50. The van der Waals surface area contributed by atoms with Crippen LogP contribution in [0.25, 0.3) is 0 Å². The van der Waals surface area contributed by atoms with Crippen molar-refractivity contribution in [2.75, 3.05) is 49.9 Å². The van der Waals surface area contributed by atoms with Crippen molar-refractivity contribution in [1.29, 1.82) is 0 Å². The fourth-order valence-corrected chi connectivity index (χ4v) is 9.68. The van der Waals surface area contributed by atoms with Crippen LogP contribution in [0.4, 0.5) is 10.7 Å². The maximum Gasteiger partial charge on any atom is 0.303 e.